The molecule has 1 N–H and O–H groups in total. The van der Waals surface area contributed by atoms with E-state index < -0.39 is 15.7 Å². The number of benzene rings is 1. The summed E-state index contributed by atoms with van der Waals surface area (Å²) in [5.41, 5.74) is 0.0190. The molecule has 0 bridgehead atoms. The normalized spacial score (nSPS) is 15.7. The van der Waals surface area contributed by atoms with Crippen LogP contribution in [0.15, 0.2) is 29.2 Å². The molecule has 1 aromatic carbocycles. The Bertz CT molecular complexity index is 448. The van der Waals surface area contributed by atoms with Crippen molar-refractivity contribution in [3.05, 3.63) is 34.4 Å². The van der Waals surface area contributed by atoms with E-state index in [1.807, 2.05) is 13.8 Å². The van der Waals surface area contributed by atoms with Crippen molar-refractivity contribution in [3.63, 3.8) is 0 Å². The van der Waals surface area contributed by atoms with E-state index in [4.69, 9.17) is 0 Å². The summed E-state index contributed by atoms with van der Waals surface area (Å²) in [5.74, 6) is 0. The summed E-state index contributed by atoms with van der Waals surface area (Å²) in [4.78, 5) is 10.7. The van der Waals surface area contributed by atoms with Gasteiger partial charge in [-0.1, -0.05) is 6.92 Å². The standard InChI is InChI=1S/C13H20N2O3S/c1-4-9-14-10(2)11(3)19(18)13-7-5-12(6-8-13)15(16)17/h5-8,10-11,14H,4,9H2,1-3H3. The quantitative estimate of drug-likeness (QED) is 0.616. The van der Waals surface area contributed by atoms with E-state index in [2.05, 4.69) is 12.2 Å². The monoisotopic (exact) mass is 284 g/mol. The Kier molecular flexibility index (Phi) is 6.11. The van der Waals surface area contributed by atoms with Crippen LogP contribution in [0.4, 0.5) is 5.69 Å². The molecule has 0 aliphatic rings. The van der Waals surface area contributed by atoms with Crippen molar-refractivity contribution in [2.24, 2.45) is 0 Å². The predicted octanol–water partition coefficient (Wildman–Crippen LogP) is 2.48. The summed E-state index contributed by atoms with van der Waals surface area (Å²) in [5, 5.41) is 13.8. The van der Waals surface area contributed by atoms with Crippen LogP contribution in [0.25, 0.3) is 0 Å². The maximum atomic E-state index is 12.3. The van der Waals surface area contributed by atoms with Crippen molar-refractivity contribution in [2.45, 2.75) is 43.4 Å². The average Bonchev–Trinajstić information content (AvgIpc) is 2.43. The number of nitro benzene ring substituents is 1. The van der Waals surface area contributed by atoms with Crippen LogP contribution in [0, 0.1) is 10.1 Å². The van der Waals surface area contributed by atoms with Crippen molar-refractivity contribution in [1.82, 2.24) is 5.32 Å². The highest BCUT2D eigenvalue weighted by Crippen LogP contribution is 2.18. The van der Waals surface area contributed by atoms with E-state index in [9.17, 15) is 14.3 Å². The van der Waals surface area contributed by atoms with Gasteiger partial charge in [0.25, 0.3) is 5.69 Å². The zero-order valence-electron chi connectivity index (χ0n) is 11.5. The van der Waals surface area contributed by atoms with Gasteiger partial charge < -0.3 is 5.32 Å². The fourth-order valence-corrected chi connectivity index (χ4v) is 2.94. The number of nitrogens with zero attached hydrogens (tertiary/aromatic N) is 1. The molecule has 0 saturated carbocycles. The van der Waals surface area contributed by atoms with Crippen LogP contribution < -0.4 is 5.32 Å². The Morgan fingerprint density at radius 3 is 2.37 bits per heavy atom. The first-order valence-corrected chi connectivity index (χ1v) is 7.57. The molecule has 0 saturated heterocycles. The first-order valence-electron chi connectivity index (χ1n) is 6.35. The molecule has 0 heterocycles. The summed E-state index contributed by atoms with van der Waals surface area (Å²) in [6.45, 7) is 6.90. The summed E-state index contributed by atoms with van der Waals surface area (Å²) in [6.07, 6.45) is 1.03. The molecule has 19 heavy (non-hydrogen) atoms. The van der Waals surface area contributed by atoms with Gasteiger partial charge in [-0.2, -0.15) is 0 Å². The smallest absolute Gasteiger partial charge is 0.269 e. The maximum absolute atomic E-state index is 12.3. The Labute approximate surface area is 116 Å². The van der Waals surface area contributed by atoms with Gasteiger partial charge in [0.1, 0.15) is 0 Å². The van der Waals surface area contributed by atoms with Crippen LogP contribution in [-0.2, 0) is 10.8 Å². The van der Waals surface area contributed by atoms with Crippen LogP contribution in [0.5, 0.6) is 0 Å². The molecule has 0 radical (unpaired) electrons. The molecule has 0 aromatic heterocycles. The molecule has 5 nitrogen and oxygen atoms in total. The Morgan fingerprint density at radius 2 is 1.89 bits per heavy atom. The van der Waals surface area contributed by atoms with Gasteiger partial charge in [0.2, 0.25) is 0 Å². The van der Waals surface area contributed by atoms with E-state index in [0.29, 0.717) is 4.90 Å². The van der Waals surface area contributed by atoms with Gasteiger partial charge in [-0.25, -0.2) is 0 Å². The number of hydrogen-bond donors (Lipinski definition) is 1. The largest absolute Gasteiger partial charge is 0.313 e. The first-order chi connectivity index (χ1) is 8.97. The topological polar surface area (TPSA) is 72.2 Å². The summed E-state index contributed by atoms with van der Waals surface area (Å²) >= 11 is 0. The molecule has 0 fully saturated rings. The molecule has 0 spiro atoms. The third-order valence-corrected chi connectivity index (χ3v) is 4.86. The lowest BCUT2D eigenvalue weighted by Gasteiger charge is -2.20. The van der Waals surface area contributed by atoms with E-state index in [-0.39, 0.29) is 17.0 Å². The molecule has 0 amide bonds. The van der Waals surface area contributed by atoms with Crippen molar-refractivity contribution < 1.29 is 9.13 Å². The number of nitrogens with one attached hydrogen (secondary N) is 1. The minimum atomic E-state index is -1.17. The molecule has 1 aromatic rings. The molecule has 106 valence electrons. The van der Waals surface area contributed by atoms with Gasteiger partial charge in [-0.15, -0.1) is 0 Å². The van der Waals surface area contributed by atoms with Crippen molar-refractivity contribution in [2.75, 3.05) is 6.54 Å². The molecular weight excluding hydrogens is 264 g/mol. The Hall–Kier alpha value is -1.27. The molecular formula is C13H20N2O3S. The van der Waals surface area contributed by atoms with E-state index >= 15 is 0 Å². The fraction of sp³-hybridized carbons (Fsp3) is 0.538. The molecule has 0 aliphatic carbocycles. The van der Waals surface area contributed by atoms with Gasteiger partial charge in [0, 0.05) is 23.1 Å². The average molecular weight is 284 g/mol. The molecule has 3 unspecified atom stereocenters. The molecule has 1 rings (SSSR count). The number of non-ortho nitro benzene ring substituents is 1. The molecule has 3 atom stereocenters. The highest BCUT2D eigenvalue weighted by Gasteiger charge is 2.20. The second-order valence-corrected chi connectivity index (χ2v) is 6.31. The second-order valence-electron chi connectivity index (χ2n) is 4.50. The van der Waals surface area contributed by atoms with Crippen LogP contribution in [-0.4, -0.2) is 27.0 Å². The predicted molar refractivity (Wildman–Crippen MR) is 76.7 cm³/mol. The van der Waals surface area contributed by atoms with Crippen LogP contribution in [0.2, 0.25) is 0 Å². The van der Waals surface area contributed by atoms with Crippen LogP contribution in [0.3, 0.4) is 0 Å². The van der Waals surface area contributed by atoms with Crippen LogP contribution in [0.1, 0.15) is 27.2 Å². The van der Waals surface area contributed by atoms with Gasteiger partial charge in [-0.05, 0) is 38.9 Å². The minimum Gasteiger partial charge on any atom is -0.313 e. The summed E-state index contributed by atoms with van der Waals surface area (Å²) in [6, 6.07) is 6.05. The highest BCUT2D eigenvalue weighted by atomic mass is 32.2. The van der Waals surface area contributed by atoms with Crippen molar-refractivity contribution in [1.29, 1.82) is 0 Å². The lowest BCUT2D eigenvalue weighted by Crippen LogP contribution is -2.38. The number of hydrogen-bond acceptors (Lipinski definition) is 4. The lowest BCUT2D eigenvalue weighted by molar-refractivity contribution is -0.384. The zero-order valence-corrected chi connectivity index (χ0v) is 12.3. The van der Waals surface area contributed by atoms with E-state index in [1.54, 1.807) is 12.1 Å². The van der Waals surface area contributed by atoms with Gasteiger partial charge >= 0.3 is 0 Å². The Balaban J connectivity index is 2.73. The number of nitro groups is 1. The zero-order chi connectivity index (χ0) is 14.4. The highest BCUT2D eigenvalue weighted by molar-refractivity contribution is 7.85. The van der Waals surface area contributed by atoms with Gasteiger partial charge in [-0.3, -0.25) is 14.3 Å². The lowest BCUT2D eigenvalue weighted by atomic mass is 10.2. The van der Waals surface area contributed by atoms with E-state index in [1.165, 1.54) is 12.1 Å². The third kappa shape index (κ3) is 4.40. The second kappa shape index (κ2) is 7.35. The van der Waals surface area contributed by atoms with Crippen molar-refractivity contribution in [3.8, 4) is 0 Å². The third-order valence-electron chi connectivity index (χ3n) is 3.04. The number of rotatable bonds is 7. The van der Waals surface area contributed by atoms with Crippen molar-refractivity contribution >= 4 is 16.5 Å². The molecule has 6 heteroatoms. The summed E-state index contributed by atoms with van der Waals surface area (Å²) in [7, 11) is -1.17. The van der Waals surface area contributed by atoms with Gasteiger partial charge in [0.05, 0.1) is 21.0 Å². The molecule has 0 aliphatic heterocycles. The minimum absolute atomic E-state index is 0.0190. The maximum Gasteiger partial charge on any atom is 0.269 e. The van der Waals surface area contributed by atoms with E-state index in [0.717, 1.165) is 13.0 Å². The van der Waals surface area contributed by atoms with Gasteiger partial charge in [0.15, 0.2) is 0 Å². The van der Waals surface area contributed by atoms with Crippen LogP contribution >= 0.6 is 0 Å². The SMILES string of the molecule is CCCNC(C)C(C)S(=O)c1ccc([N+](=O)[O-])cc1. The fourth-order valence-electron chi connectivity index (χ4n) is 1.64. The first kappa shape index (κ1) is 15.8. The summed E-state index contributed by atoms with van der Waals surface area (Å²) < 4.78 is 12.3. The Morgan fingerprint density at radius 1 is 1.32 bits per heavy atom.